The molecule has 1 aromatic carbocycles. The fraction of sp³-hybridized carbons (Fsp3) is 0.480. The van der Waals surface area contributed by atoms with Gasteiger partial charge in [0.25, 0.3) is 0 Å². The minimum Gasteiger partial charge on any atom is -0.512 e. The van der Waals surface area contributed by atoms with Gasteiger partial charge in [0.15, 0.2) is 5.78 Å². The smallest absolute Gasteiger partial charge is 0.432 e. The number of thioether (sulfide) groups is 1. The molecule has 0 fully saturated rings. The Hall–Kier alpha value is -2.35. The third-order valence-corrected chi connectivity index (χ3v) is 7.50. The van der Waals surface area contributed by atoms with Gasteiger partial charge in [0.1, 0.15) is 11.5 Å². The predicted octanol–water partition coefficient (Wildman–Crippen LogP) is 6.13. The van der Waals surface area contributed by atoms with E-state index in [1.807, 2.05) is 13.8 Å². The molecule has 0 aromatic heterocycles. The molecule has 1 aliphatic heterocycles. The molecule has 2 unspecified atom stereocenters. The summed E-state index contributed by atoms with van der Waals surface area (Å²) in [7, 11) is 0. The van der Waals surface area contributed by atoms with Crippen LogP contribution >= 0.6 is 11.8 Å². The molecule has 3 N–H and O–H groups in total. The summed E-state index contributed by atoms with van der Waals surface area (Å²) in [5.41, 5.74) is 8.57. The van der Waals surface area contributed by atoms with Crippen LogP contribution in [0, 0.1) is 18.8 Å². The van der Waals surface area contributed by atoms with Gasteiger partial charge >= 0.3 is 6.18 Å². The number of hydrazine groups is 1. The highest BCUT2D eigenvalue weighted by Gasteiger charge is 2.35. The van der Waals surface area contributed by atoms with Crippen LogP contribution in [0.4, 0.5) is 13.2 Å². The minimum atomic E-state index is -4.43. The largest absolute Gasteiger partial charge is 0.512 e. The van der Waals surface area contributed by atoms with Crippen LogP contribution < -0.4 is 10.9 Å². The first-order valence-electron chi connectivity index (χ1n) is 11.3. The molecule has 1 heterocycles. The number of benzene rings is 1. The summed E-state index contributed by atoms with van der Waals surface area (Å²) >= 11 is 1.39. The Morgan fingerprint density at radius 1 is 1.12 bits per heavy atom. The molecule has 0 bridgehead atoms. The van der Waals surface area contributed by atoms with Gasteiger partial charge in [-0.15, -0.1) is 11.8 Å². The zero-order chi connectivity index (χ0) is 24.3. The fourth-order valence-electron chi connectivity index (χ4n) is 4.41. The van der Waals surface area contributed by atoms with Crippen LogP contribution in [0.1, 0.15) is 55.9 Å². The Bertz CT molecular complexity index is 986. The molecule has 4 nitrogen and oxygen atoms in total. The van der Waals surface area contributed by atoms with Crippen LogP contribution in [-0.2, 0) is 17.6 Å². The molecule has 0 spiro atoms. The van der Waals surface area contributed by atoms with Gasteiger partial charge in [-0.1, -0.05) is 38.5 Å². The van der Waals surface area contributed by atoms with Crippen molar-refractivity contribution in [1.82, 2.24) is 10.9 Å². The van der Waals surface area contributed by atoms with Crippen LogP contribution in [0.15, 0.2) is 40.8 Å². The molecule has 1 aromatic rings. The second kappa shape index (κ2) is 10.3. The Morgan fingerprint density at radius 3 is 2.24 bits per heavy atom. The van der Waals surface area contributed by atoms with E-state index in [4.69, 9.17) is 0 Å². The van der Waals surface area contributed by atoms with E-state index in [1.54, 1.807) is 0 Å². The summed E-state index contributed by atoms with van der Waals surface area (Å²) < 4.78 is 38.1. The van der Waals surface area contributed by atoms with Gasteiger partial charge in [0.05, 0.1) is 10.6 Å². The Labute approximate surface area is 197 Å². The molecule has 2 aliphatic rings. The summed E-state index contributed by atoms with van der Waals surface area (Å²) in [6, 6.07) is 4.18. The van der Waals surface area contributed by atoms with Crippen LogP contribution in [0.3, 0.4) is 0 Å². The van der Waals surface area contributed by atoms with Gasteiger partial charge in [-0.2, -0.15) is 13.2 Å². The number of aliphatic hydroxyl groups is 1. The predicted molar refractivity (Wildman–Crippen MR) is 127 cm³/mol. The van der Waals surface area contributed by atoms with Crippen LogP contribution in [0.5, 0.6) is 0 Å². The number of ketones is 1. The molecule has 0 saturated heterocycles. The summed E-state index contributed by atoms with van der Waals surface area (Å²) in [4.78, 5) is 13.2. The number of alkyl halides is 3. The van der Waals surface area contributed by atoms with Crippen LogP contribution in [-0.4, -0.2) is 22.8 Å². The normalized spacial score (nSPS) is 20.1. The van der Waals surface area contributed by atoms with E-state index in [0.29, 0.717) is 29.2 Å². The Kier molecular flexibility index (Phi) is 7.88. The van der Waals surface area contributed by atoms with Crippen molar-refractivity contribution in [2.75, 3.05) is 5.75 Å². The zero-order valence-electron chi connectivity index (χ0n) is 19.4. The number of carbonyl (C=O) groups excluding carboxylic acids is 1. The average Bonchev–Trinajstić information content (AvgIpc) is 2.76. The maximum Gasteiger partial charge on any atom is 0.432 e. The van der Waals surface area contributed by atoms with Crippen molar-refractivity contribution in [3.63, 3.8) is 0 Å². The first-order chi connectivity index (χ1) is 15.5. The van der Waals surface area contributed by atoms with Gasteiger partial charge < -0.3 is 5.11 Å². The molecule has 0 saturated carbocycles. The van der Waals surface area contributed by atoms with Crippen molar-refractivity contribution in [2.45, 2.75) is 59.6 Å². The van der Waals surface area contributed by atoms with E-state index in [-0.39, 0.29) is 23.4 Å². The summed E-state index contributed by atoms with van der Waals surface area (Å²) in [5.74, 6) is 0.792. The fourth-order valence-corrected chi connectivity index (χ4v) is 5.41. The molecule has 8 heteroatoms. The van der Waals surface area contributed by atoms with Crippen molar-refractivity contribution in [3.05, 3.63) is 63.0 Å². The Morgan fingerprint density at radius 2 is 1.76 bits per heavy atom. The lowest BCUT2D eigenvalue weighted by atomic mass is 9.76. The van der Waals surface area contributed by atoms with Crippen molar-refractivity contribution < 1.29 is 23.1 Å². The summed E-state index contributed by atoms with van der Waals surface area (Å²) in [6.07, 6.45) is 0.316. The number of aliphatic hydroxyl groups excluding tert-OH is 1. The van der Waals surface area contributed by atoms with E-state index in [0.717, 1.165) is 41.2 Å². The van der Waals surface area contributed by atoms with E-state index in [2.05, 4.69) is 36.8 Å². The number of aryl methyl sites for hydroxylation is 3. The third kappa shape index (κ3) is 5.78. The average molecular weight is 481 g/mol. The monoisotopic (exact) mass is 480 g/mol. The van der Waals surface area contributed by atoms with Gasteiger partial charge in [-0.3, -0.25) is 15.6 Å². The van der Waals surface area contributed by atoms with Gasteiger partial charge in [0.2, 0.25) is 0 Å². The maximum atomic E-state index is 13.2. The lowest BCUT2D eigenvalue weighted by molar-refractivity contribution is -0.115. The number of hydrogen-bond donors (Lipinski definition) is 3. The van der Waals surface area contributed by atoms with Crippen molar-refractivity contribution in [3.8, 4) is 0 Å². The van der Waals surface area contributed by atoms with Crippen molar-refractivity contribution >= 4 is 23.1 Å². The minimum absolute atomic E-state index is 0.0206. The van der Waals surface area contributed by atoms with Crippen molar-refractivity contribution in [2.24, 2.45) is 11.8 Å². The first kappa shape index (κ1) is 25.3. The number of nitrogens with one attached hydrogen (secondary N) is 2. The van der Waals surface area contributed by atoms with Crippen LogP contribution in [0.2, 0.25) is 0 Å². The highest BCUT2D eigenvalue weighted by molar-refractivity contribution is 8.03. The standard InChI is InChI=1S/C25H31F3N2O2S/c1-5-16-9-14(3)10-17(6-2)23(16)24-19(31)11-18(12-20(24)32)15(4)13-33-22-8-7-21(29-30-22)25(26,27)28/h7-10,15,18,29-31H,5-6,11-13H2,1-4H3. The molecule has 33 heavy (non-hydrogen) atoms. The summed E-state index contributed by atoms with van der Waals surface area (Å²) in [5, 5.41) is 11.5. The lowest BCUT2D eigenvalue weighted by Crippen LogP contribution is -2.38. The second-order valence-electron chi connectivity index (χ2n) is 8.73. The SMILES string of the molecule is CCc1cc(C)cc(CC)c1C1=C(O)CC(C(C)CSC2=CC=C(C(F)(F)F)NN2)CC1=O. The lowest BCUT2D eigenvalue weighted by Gasteiger charge is -2.30. The van der Waals surface area contributed by atoms with E-state index < -0.39 is 11.9 Å². The highest BCUT2D eigenvalue weighted by atomic mass is 32.2. The van der Waals surface area contributed by atoms with E-state index >= 15 is 0 Å². The molecule has 3 rings (SSSR count). The maximum absolute atomic E-state index is 13.2. The number of rotatable bonds is 7. The molecule has 180 valence electrons. The summed E-state index contributed by atoms with van der Waals surface area (Å²) in [6.45, 7) is 8.17. The first-order valence-corrected chi connectivity index (χ1v) is 12.3. The highest BCUT2D eigenvalue weighted by Crippen LogP contribution is 2.39. The van der Waals surface area contributed by atoms with Gasteiger partial charge in [-0.05, 0) is 60.4 Å². The number of hydrogen-bond acceptors (Lipinski definition) is 5. The number of halogens is 3. The molecule has 1 aliphatic carbocycles. The molecular weight excluding hydrogens is 449 g/mol. The quantitative estimate of drug-likeness (QED) is 0.438. The van der Waals surface area contributed by atoms with Crippen molar-refractivity contribution in [1.29, 1.82) is 0 Å². The topological polar surface area (TPSA) is 61.4 Å². The van der Waals surface area contributed by atoms with E-state index in [1.165, 1.54) is 17.8 Å². The molecular formula is C25H31F3N2O2S. The zero-order valence-corrected chi connectivity index (χ0v) is 20.2. The third-order valence-electron chi connectivity index (χ3n) is 6.26. The molecule has 0 amide bonds. The van der Waals surface area contributed by atoms with Gasteiger partial charge in [-0.25, -0.2) is 0 Å². The Balaban J connectivity index is 1.73. The van der Waals surface area contributed by atoms with Gasteiger partial charge in [0, 0.05) is 18.6 Å². The van der Waals surface area contributed by atoms with Crippen LogP contribution in [0.25, 0.3) is 5.57 Å². The number of allylic oxidation sites excluding steroid dienone is 5. The molecule has 0 radical (unpaired) electrons. The second-order valence-corrected chi connectivity index (χ2v) is 9.79. The number of carbonyl (C=O) groups is 1. The van der Waals surface area contributed by atoms with E-state index in [9.17, 15) is 23.1 Å². The molecule has 2 atom stereocenters. The number of Topliss-reactive ketones (excluding diaryl/α,β-unsaturated/α-hetero) is 1.